The van der Waals surface area contributed by atoms with Crippen LogP contribution in [0, 0.1) is 6.92 Å². The average Bonchev–Trinajstić information content (AvgIpc) is 2.71. The van der Waals surface area contributed by atoms with E-state index in [4.69, 9.17) is 4.74 Å². The average molecular weight is 294 g/mol. The van der Waals surface area contributed by atoms with E-state index in [1.54, 1.807) is 0 Å². The molecule has 0 saturated heterocycles. The van der Waals surface area contributed by atoms with Gasteiger partial charge in [-0.1, -0.05) is 30.3 Å². The van der Waals surface area contributed by atoms with Crippen LogP contribution in [0.1, 0.15) is 37.8 Å². The van der Waals surface area contributed by atoms with E-state index < -0.39 is 11.7 Å². The monoisotopic (exact) mass is 294 g/mol. The smallest absolute Gasteiger partial charge is 0.412 e. The lowest BCUT2D eigenvalue weighted by Crippen LogP contribution is -2.27. The minimum atomic E-state index is -0.508. The largest absolute Gasteiger partial charge is 0.444 e. The van der Waals surface area contributed by atoms with E-state index in [0.29, 0.717) is 0 Å². The SMILES string of the molecule is [CH2]C1c2ccccc2-c2cc(NC(=O)OC(C)(C)C)ccc21. The van der Waals surface area contributed by atoms with Crippen LogP contribution < -0.4 is 5.32 Å². The molecule has 113 valence electrons. The second-order valence-corrected chi connectivity index (χ2v) is 6.57. The van der Waals surface area contributed by atoms with Crippen molar-refractivity contribution in [2.75, 3.05) is 5.32 Å². The number of anilines is 1. The summed E-state index contributed by atoms with van der Waals surface area (Å²) in [4.78, 5) is 11.9. The van der Waals surface area contributed by atoms with Gasteiger partial charge < -0.3 is 4.74 Å². The van der Waals surface area contributed by atoms with Gasteiger partial charge in [0.15, 0.2) is 0 Å². The van der Waals surface area contributed by atoms with Crippen molar-refractivity contribution >= 4 is 11.8 Å². The third-order valence-electron chi connectivity index (χ3n) is 3.70. The van der Waals surface area contributed by atoms with Crippen molar-refractivity contribution in [2.45, 2.75) is 32.3 Å². The summed E-state index contributed by atoms with van der Waals surface area (Å²) in [5, 5.41) is 2.79. The first-order chi connectivity index (χ1) is 10.3. The normalized spacial score (nSPS) is 15.9. The Bertz CT molecular complexity index is 728. The van der Waals surface area contributed by atoms with Gasteiger partial charge in [-0.3, -0.25) is 5.32 Å². The number of hydrogen-bond acceptors (Lipinski definition) is 2. The van der Waals surface area contributed by atoms with Crippen LogP contribution in [-0.4, -0.2) is 11.7 Å². The highest BCUT2D eigenvalue weighted by Gasteiger charge is 2.25. The Labute approximate surface area is 131 Å². The van der Waals surface area contributed by atoms with Crippen molar-refractivity contribution in [3.05, 3.63) is 60.5 Å². The van der Waals surface area contributed by atoms with Crippen LogP contribution in [0.15, 0.2) is 42.5 Å². The molecule has 1 aliphatic carbocycles. The molecule has 22 heavy (non-hydrogen) atoms. The number of fused-ring (bicyclic) bond motifs is 3. The van der Waals surface area contributed by atoms with Crippen LogP contribution in [0.25, 0.3) is 11.1 Å². The molecule has 1 aliphatic rings. The molecule has 2 aromatic rings. The molecule has 3 heteroatoms. The van der Waals surface area contributed by atoms with Gasteiger partial charge in [0, 0.05) is 11.6 Å². The van der Waals surface area contributed by atoms with Crippen LogP contribution in [0.2, 0.25) is 0 Å². The van der Waals surface area contributed by atoms with Crippen LogP contribution in [0.5, 0.6) is 0 Å². The standard InChI is InChI=1S/C19H20NO2/c1-12-14-7-5-6-8-16(14)17-11-13(9-10-15(12)17)20-18(21)22-19(2,3)4/h5-12H,1H2,2-4H3,(H,20,21). The lowest BCUT2D eigenvalue weighted by Gasteiger charge is -2.20. The van der Waals surface area contributed by atoms with Crippen molar-refractivity contribution in [1.29, 1.82) is 0 Å². The molecule has 0 fully saturated rings. The number of rotatable bonds is 1. The molecule has 0 aromatic heterocycles. The first-order valence-electron chi connectivity index (χ1n) is 7.41. The maximum absolute atomic E-state index is 11.9. The fourth-order valence-corrected chi connectivity index (χ4v) is 2.81. The zero-order valence-corrected chi connectivity index (χ0v) is 13.1. The highest BCUT2D eigenvalue weighted by Crippen LogP contribution is 2.45. The van der Waals surface area contributed by atoms with Gasteiger partial charge in [0.05, 0.1) is 0 Å². The summed E-state index contributed by atoms with van der Waals surface area (Å²) in [5.74, 6) is 0.141. The van der Waals surface area contributed by atoms with Crippen LogP contribution in [0.4, 0.5) is 10.5 Å². The minimum Gasteiger partial charge on any atom is -0.444 e. The van der Waals surface area contributed by atoms with Crippen molar-refractivity contribution in [2.24, 2.45) is 0 Å². The third kappa shape index (κ3) is 2.71. The summed E-state index contributed by atoms with van der Waals surface area (Å²) < 4.78 is 5.29. The summed E-state index contributed by atoms with van der Waals surface area (Å²) in [7, 11) is 0. The van der Waals surface area contributed by atoms with Gasteiger partial charge in [-0.2, -0.15) is 0 Å². The number of carbonyl (C=O) groups excluding carboxylic acids is 1. The predicted molar refractivity (Wildman–Crippen MR) is 88.9 cm³/mol. The summed E-state index contributed by atoms with van der Waals surface area (Å²) in [6.07, 6.45) is -0.440. The zero-order valence-electron chi connectivity index (χ0n) is 13.1. The van der Waals surface area contributed by atoms with Gasteiger partial charge >= 0.3 is 6.09 Å². The molecule has 1 atom stereocenters. The van der Waals surface area contributed by atoms with Crippen LogP contribution >= 0.6 is 0 Å². The Hall–Kier alpha value is -2.29. The third-order valence-corrected chi connectivity index (χ3v) is 3.70. The van der Waals surface area contributed by atoms with Crippen molar-refractivity contribution < 1.29 is 9.53 Å². The molecule has 1 N–H and O–H groups in total. The fourth-order valence-electron chi connectivity index (χ4n) is 2.81. The Balaban J connectivity index is 1.89. The van der Waals surface area contributed by atoms with E-state index >= 15 is 0 Å². The summed E-state index contributed by atoms with van der Waals surface area (Å²) in [6.45, 7) is 9.79. The Morgan fingerprint density at radius 2 is 1.77 bits per heavy atom. The minimum absolute atomic E-state index is 0.141. The molecule has 2 aromatic carbocycles. The maximum atomic E-state index is 11.9. The van der Waals surface area contributed by atoms with Gasteiger partial charge in [0.1, 0.15) is 5.60 Å². The highest BCUT2D eigenvalue weighted by molar-refractivity contribution is 5.88. The lowest BCUT2D eigenvalue weighted by atomic mass is 9.99. The van der Waals surface area contributed by atoms with Crippen molar-refractivity contribution in [1.82, 2.24) is 0 Å². The highest BCUT2D eigenvalue weighted by atomic mass is 16.6. The van der Waals surface area contributed by atoms with Crippen LogP contribution in [-0.2, 0) is 4.74 Å². The predicted octanol–water partition coefficient (Wildman–Crippen LogP) is 4.98. The summed E-state index contributed by atoms with van der Waals surface area (Å²) >= 11 is 0. The molecule has 3 rings (SSSR count). The zero-order chi connectivity index (χ0) is 15.9. The number of hydrogen-bond donors (Lipinski definition) is 1. The van der Waals surface area contributed by atoms with Crippen molar-refractivity contribution in [3.8, 4) is 11.1 Å². The van der Waals surface area contributed by atoms with E-state index in [0.717, 1.165) is 11.3 Å². The maximum Gasteiger partial charge on any atom is 0.412 e. The number of amides is 1. The number of carbonyl (C=O) groups is 1. The van der Waals surface area contributed by atoms with Gasteiger partial charge in [-0.05, 0) is 62.1 Å². The molecule has 0 aliphatic heterocycles. The van der Waals surface area contributed by atoms with Crippen molar-refractivity contribution in [3.63, 3.8) is 0 Å². The second kappa shape index (κ2) is 5.16. The molecule has 3 nitrogen and oxygen atoms in total. The van der Waals surface area contributed by atoms with Gasteiger partial charge in [0.25, 0.3) is 0 Å². The van der Waals surface area contributed by atoms with E-state index in [1.807, 2.05) is 51.1 Å². The molecular weight excluding hydrogens is 274 g/mol. The topological polar surface area (TPSA) is 38.3 Å². The van der Waals surface area contributed by atoms with E-state index in [9.17, 15) is 4.79 Å². The number of nitrogens with one attached hydrogen (secondary N) is 1. The Morgan fingerprint density at radius 1 is 1.09 bits per heavy atom. The molecule has 1 unspecified atom stereocenters. The molecule has 1 amide bonds. The summed E-state index contributed by atoms with van der Waals surface area (Å²) in [5.41, 5.74) is 4.96. The van der Waals surface area contributed by atoms with E-state index in [1.165, 1.54) is 16.7 Å². The summed E-state index contributed by atoms with van der Waals surface area (Å²) in [6, 6.07) is 14.2. The lowest BCUT2D eigenvalue weighted by molar-refractivity contribution is 0.0636. The van der Waals surface area contributed by atoms with E-state index in [-0.39, 0.29) is 5.92 Å². The molecule has 0 bridgehead atoms. The quantitative estimate of drug-likeness (QED) is 0.805. The molecule has 0 saturated carbocycles. The fraction of sp³-hybridized carbons (Fsp3) is 0.263. The molecule has 1 radical (unpaired) electrons. The second-order valence-electron chi connectivity index (χ2n) is 6.57. The first kappa shape index (κ1) is 14.6. The van der Waals surface area contributed by atoms with Gasteiger partial charge in [0.2, 0.25) is 0 Å². The molecular formula is C19H20NO2. The van der Waals surface area contributed by atoms with Gasteiger partial charge in [-0.25, -0.2) is 4.79 Å². The Kier molecular flexibility index (Phi) is 3.44. The van der Waals surface area contributed by atoms with E-state index in [2.05, 4.69) is 24.4 Å². The first-order valence-corrected chi connectivity index (χ1v) is 7.41. The number of ether oxygens (including phenoxy) is 1. The Morgan fingerprint density at radius 3 is 2.50 bits per heavy atom. The molecule has 0 heterocycles. The van der Waals surface area contributed by atoms with Gasteiger partial charge in [-0.15, -0.1) is 0 Å². The molecule has 0 spiro atoms. The van der Waals surface area contributed by atoms with Crippen LogP contribution in [0.3, 0.4) is 0 Å². The number of benzene rings is 2.